The van der Waals surface area contributed by atoms with Gasteiger partial charge in [0.1, 0.15) is 0 Å². The molecule has 0 spiro atoms. The third-order valence-electron chi connectivity index (χ3n) is 5.12. The number of anilines is 1. The number of rotatable bonds is 4. The molecule has 2 amide bonds. The minimum atomic E-state index is -0.00195. The first-order valence-electron chi connectivity index (χ1n) is 8.64. The van der Waals surface area contributed by atoms with Crippen molar-refractivity contribution in [2.24, 2.45) is 11.8 Å². The van der Waals surface area contributed by atoms with Crippen LogP contribution in [0.5, 0.6) is 0 Å². The maximum Gasteiger partial charge on any atom is 0.253 e. The molecule has 2 aliphatic rings. The van der Waals surface area contributed by atoms with Crippen LogP contribution in [0.2, 0.25) is 0 Å². The maximum atomic E-state index is 12.5. The van der Waals surface area contributed by atoms with Crippen LogP contribution in [0.1, 0.15) is 17.3 Å². The molecule has 1 aromatic rings. The van der Waals surface area contributed by atoms with Gasteiger partial charge in [-0.1, -0.05) is 6.92 Å². The molecule has 0 bridgehead atoms. The zero-order valence-electron chi connectivity index (χ0n) is 14.4. The summed E-state index contributed by atoms with van der Waals surface area (Å²) in [5.41, 5.74) is 1.42. The molecule has 0 saturated carbocycles. The lowest BCUT2D eigenvalue weighted by Crippen LogP contribution is -2.48. The van der Waals surface area contributed by atoms with Crippen LogP contribution < -0.4 is 10.6 Å². The quantitative estimate of drug-likeness (QED) is 0.860. The summed E-state index contributed by atoms with van der Waals surface area (Å²) in [4.78, 5) is 28.8. The van der Waals surface area contributed by atoms with Gasteiger partial charge in [-0.05, 0) is 50.3 Å². The Morgan fingerprint density at radius 1 is 1.12 bits per heavy atom. The molecule has 2 fully saturated rings. The van der Waals surface area contributed by atoms with Crippen LogP contribution in [0.25, 0.3) is 0 Å². The average molecular weight is 330 g/mol. The van der Waals surface area contributed by atoms with Gasteiger partial charge in [-0.2, -0.15) is 0 Å². The molecule has 24 heavy (non-hydrogen) atoms. The fraction of sp³-hybridized carbons (Fsp3) is 0.556. The average Bonchev–Trinajstić information content (AvgIpc) is 2.54. The van der Waals surface area contributed by atoms with Crippen LogP contribution in [0, 0.1) is 11.8 Å². The summed E-state index contributed by atoms with van der Waals surface area (Å²) in [7, 11) is 2.07. The standard InChI is InChI=1S/C18H26N4O2/c1-13(15-11-19-12-15)17(23)20-16-5-3-14(4-6-16)18(24)22-9-7-21(2)8-10-22/h3-6,13,15,19H,7-12H2,1-2H3,(H,20,23). The Kier molecular flexibility index (Phi) is 5.16. The van der Waals surface area contributed by atoms with Crippen molar-refractivity contribution in [2.45, 2.75) is 6.92 Å². The van der Waals surface area contributed by atoms with E-state index in [9.17, 15) is 9.59 Å². The number of nitrogens with zero attached hydrogens (tertiary/aromatic N) is 2. The molecule has 130 valence electrons. The van der Waals surface area contributed by atoms with E-state index in [1.54, 1.807) is 12.1 Å². The molecular formula is C18H26N4O2. The van der Waals surface area contributed by atoms with E-state index < -0.39 is 0 Å². The maximum absolute atomic E-state index is 12.5. The smallest absolute Gasteiger partial charge is 0.253 e. The number of hydrogen-bond acceptors (Lipinski definition) is 4. The largest absolute Gasteiger partial charge is 0.336 e. The third kappa shape index (κ3) is 3.76. The van der Waals surface area contributed by atoms with E-state index in [0.717, 1.165) is 45.0 Å². The fourth-order valence-electron chi connectivity index (χ4n) is 3.02. The predicted molar refractivity (Wildman–Crippen MR) is 94.0 cm³/mol. The van der Waals surface area contributed by atoms with Gasteiger partial charge in [0.05, 0.1) is 0 Å². The number of benzene rings is 1. The first-order chi connectivity index (χ1) is 11.5. The van der Waals surface area contributed by atoms with Gasteiger partial charge in [0.25, 0.3) is 5.91 Å². The lowest BCUT2D eigenvalue weighted by molar-refractivity contribution is -0.121. The van der Waals surface area contributed by atoms with E-state index in [4.69, 9.17) is 0 Å². The van der Waals surface area contributed by atoms with Crippen molar-refractivity contribution >= 4 is 17.5 Å². The molecule has 6 nitrogen and oxygen atoms in total. The Hall–Kier alpha value is -1.92. The summed E-state index contributed by atoms with van der Waals surface area (Å²) in [6.07, 6.45) is 0. The van der Waals surface area contributed by atoms with Crippen LogP contribution in [-0.4, -0.2) is 67.9 Å². The molecule has 2 aliphatic heterocycles. The minimum Gasteiger partial charge on any atom is -0.336 e. The molecule has 0 aromatic heterocycles. The minimum absolute atomic E-state index is 0.00195. The van der Waals surface area contributed by atoms with Crippen molar-refractivity contribution in [1.29, 1.82) is 0 Å². The molecule has 1 atom stereocenters. The van der Waals surface area contributed by atoms with Crippen molar-refractivity contribution in [1.82, 2.24) is 15.1 Å². The Morgan fingerprint density at radius 3 is 2.29 bits per heavy atom. The van der Waals surface area contributed by atoms with E-state index >= 15 is 0 Å². The molecule has 0 radical (unpaired) electrons. The summed E-state index contributed by atoms with van der Waals surface area (Å²) >= 11 is 0. The molecule has 2 N–H and O–H groups in total. The van der Waals surface area contributed by atoms with E-state index in [1.807, 2.05) is 24.0 Å². The molecular weight excluding hydrogens is 304 g/mol. The molecule has 6 heteroatoms. The van der Waals surface area contributed by atoms with Gasteiger partial charge < -0.3 is 20.4 Å². The van der Waals surface area contributed by atoms with Crippen LogP contribution in [0.3, 0.4) is 0 Å². The topological polar surface area (TPSA) is 64.7 Å². The van der Waals surface area contributed by atoms with Crippen LogP contribution >= 0.6 is 0 Å². The lowest BCUT2D eigenvalue weighted by Gasteiger charge is -2.32. The zero-order chi connectivity index (χ0) is 17.1. The summed E-state index contributed by atoms with van der Waals surface area (Å²) in [5.74, 6) is 0.524. The van der Waals surface area contributed by atoms with Crippen molar-refractivity contribution in [3.05, 3.63) is 29.8 Å². The Labute approximate surface area is 143 Å². The number of hydrogen-bond donors (Lipinski definition) is 2. The zero-order valence-corrected chi connectivity index (χ0v) is 14.4. The number of carbonyl (C=O) groups is 2. The fourth-order valence-corrected chi connectivity index (χ4v) is 3.02. The molecule has 3 rings (SSSR count). The highest BCUT2D eigenvalue weighted by Gasteiger charge is 2.28. The first-order valence-corrected chi connectivity index (χ1v) is 8.64. The van der Waals surface area contributed by atoms with Gasteiger partial charge in [-0.3, -0.25) is 9.59 Å². The first kappa shape index (κ1) is 16.9. The van der Waals surface area contributed by atoms with Crippen molar-refractivity contribution in [2.75, 3.05) is 51.6 Å². The van der Waals surface area contributed by atoms with Crippen molar-refractivity contribution in [3.63, 3.8) is 0 Å². The van der Waals surface area contributed by atoms with Gasteiger partial charge in [-0.15, -0.1) is 0 Å². The predicted octanol–water partition coefficient (Wildman–Crippen LogP) is 0.868. The summed E-state index contributed by atoms with van der Waals surface area (Å²) < 4.78 is 0. The number of carbonyl (C=O) groups excluding carboxylic acids is 2. The number of amides is 2. The van der Waals surface area contributed by atoms with Gasteiger partial charge in [0.2, 0.25) is 5.91 Å². The van der Waals surface area contributed by atoms with Crippen molar-refractivity contribution < 1.29 is 9.59 Å². The Bertz CT molecular complexity index is 590. The molecule has 0 aliphatic carbocycles. The number of nitrogens with one attached hydrogen (secondary N) is 2. The number of likely N-dealkylation sites (N-methyl/N-ethyl adjacent to an activating group) is 1. The van der Waals surface area contributed by atoms with Crippen molar-refractivity contribution in [3.8, 4) is 0 Å². The monoisotopic (exact) mass is 330 g/mol. The molecule has 2 heterocycles. The molecule has 1 unspecified atom stereocenters. The highest BCUT2D eigenvalue weighted by Crippen LogP contribution is 2.19. The Balaban J connectivity index is 1.56. The Morgan fingerprint density at radius 2 is 1.75 bits per heavy atom. The SMILES string of the molecule is CC(C(=O)Nc1ccc(C(=O)N2CCN(C)CC2)cc1)C1CNC1. The van der Waals surface area contributed by atoms with E-state index in [-0.39, 0.29) is 17.7 Å². The van der Waals surface area contributed by atoms with Crippen LogP contribution in [-0.2, 0) is 4.79 Å². The van der Waals surface area contributed by atoms with E-state index in [0.29, 0.717) is 11.5 Å². The molecule has 1 aromatic carbocycles. The van der Waals surface area contributed by atoms with E-state index in [2.05, 4.69) is 22.6 Å². The van der Waals surface area contributed by atoms with Crippen LogP contribution in [0.4, 0.5) is 5.69 Å². The summed E-state index contributed by atoms with van der Waals surface area (Å²) in [6, 6.07) is 7.22. The number of piperazine rings is 1. The van der Waals surface area contributed by atoms with E-state index in [1.165, 1.54) is 0 Å². The van der Waals surface area contributed by atoms with Gasteiger partial charge in [0, 0.05) is 43.3 Å². The van der Waals surface area contributed by atoms with Gasteiger partial charge in [0.15, 0.2) is 0 Å². The highest BCUT2D eigenvalue weighted by atomic mass is 16.2. The van der Waals surface area contributed by atoms with Crippen LogP contribution in [0.15, 0.2) is 24.3 Å². The van der Waals surface area contributed by atoms with Gasteiger partial charge in [-0.25, -0.2) is 0 Å². The normalized spacial score (nSPS) is 20.3. The molecule has 2 saturated heterocycles. The van der Waals surface area contributed by atoms with Gasteiger partial charge >= 0.3 is 0 Å². The summed E-state index contributed by atoms with van der Waals surface area (Å²) in [5, 5.41) is 6.13. The second kappa shape index (κ2) is 7.32. The lowest BCUT2D eigenvalue weighted by atomic mass is 9.88. The second-order valence-corrected chi connectivity index (χ2v) is 6.87. The second-order valence-electron chi connectivity index (χ2n) is 6.87. The third-order valence-corrected chi connectivity index (χ3v) is 5.12. The summed E-state index contributed by atoms with van der Waals surface area (Å²) in [6.45, 7) is 7.13. The highest BCUT2D eigenvalue weighted by molar-refractivity contribution is 5.96.